The van der Waals surface area contributed by atoms with Crippen LogP contribution in [0.3, 0.4) is 0 Å². The molecular weight excluding hydrogens is 188 g/mol. The van der Waals surface area contributed by atoms with Gasteiger partial charge in [-0.15, -0.1) is 0 Å². The van der Waals surface area contributed by atoms with Crippen molar-refractivity contribution < 1.29 is 5.11 Å². The lowest BCUT2D eigenvalue weighted by Crippen LogP contribution is -2.15. The lowest BCUT2D eigenvalue weighted by Gasteiger charge is -2.10. The van der Waals surface area contributed by atoms with E-state index >= 15 is 0 Å². The van der Waals surface area contributed by atoms with Gasteiger partial charge in [0.2, 0.25) is 0 Å². The summed E-state index contributed by atoms with van der Waals surface area (Å²) in [6, 6.07) is 8.23. The number of aromatic nitrogens is 1. The molecule has 0 spiro atoms. The lowest BCUT2D eigenvalue weighted by atomic mass is 10.0. The quantitative estimate of drug-likeness (QED) is 0.720. The number of aromatic amines is 1. The molecule has 0 aliphatic carbocycles. The number of aliphatic imine (C=N–C) groups is 1. The number of fused-ring (bicyclic) bond motifs is 3. The second kappa shape index (κ2) is 3.21. The fourth-order valence-electron chi connectivity index (χ4n) is 2.22. The number of para-hydroxylation sites is 1. The van der Waals surface area contributed by atoms with Crippen molar-refractivity contribution >= 4 is 16.6 Å². The summed E-state index contributed by atoms with van der Waals surface area (Å²) in [5, 5.41) is 10.5. The van der Waals surface area contributed by atoms with Gasteiger partial charge in [-0.05, 0) is 18.1 Å². The van der Waals surface area contributed by atoms with Crippen LogP contribution in [0.15, 0.2) is 29.3 Å². The van der Waals surface area contributed by atoms with Crippen molar-refractivity contribution in [3.63, 3.8) is 0 Å². The molecule has 0 amide bonds. The molecule has 1 aromatic carbocycles. The maximum absolute atomic E-state index is 9.21. The van der Waals surface area contributed by atoms with Crippen LogP contribution in [0, 0.1) is 0 Å². The average Bonchev–Trinajstić information content (AvgIpc) is 2.67. The predicted octanol–water partition coefficient (Wildman–Crippen LogP) is 1.51. The number of hydrogen-bond acceptors (Lipinski definition) is 2. The first-order valence-corrected chi connectivity index (χ1v) is 5.14. The Morgan fingerprint density at radius 2 is 2.20 bits per heavy atom. The van der Waals surface area contributed by atoms with Gasteiger partial charge < -0.3 is 10.1 Å². The first-order chi connectivity index (χ1) is 7.40. The van der Waals surface area contributed by atoms with E-state index in [2.05, 4.69) is 22.1 Å². The molecule has 3 rings (SSSR count). The molecule has 0 atom stereocenters. The third-order valence-electron chi connectivity index (χ3n) is 2.92. The Kier molecular flexibility index (Phi) is 1.86. The Bertz CT molecular complexity index is 540. The molecule has 0 fully saturated rings. The molecule has 2 aromatic rings. The van der Waals surface area contributed by atoms with E-state index in [1.54, 1.807) is 0 Å². The van der Waals surface area contributed by atoms with E-state index in [0.29, 0.717) is 0 Å². The second-order valence-corrected chi connectivity index (χ2v) is 3.76. The zero-order valence-electron chi connectivity index (χ0n) is 8.33. The zero-order valence-corrected chi connectivity index (χ0v) is 8.33. The van der Waals surface area contributed by atoms with Crippen LogP contribution in [0.25, 0.3) is 10.9 Å². The number of nitrogens with zero attached hydrogens (tertiary/aromatic N) is 1. The van der Waals surface area contributed by atoms with Gasteiger partial charge in [0, 0.05) is 17.4 Å². The summed E-state index contributed by atoms with van der Waals surface area (Å²) in [7, 11) is 0. The largest absolute Gasteiger partial charge is 0.390 e. The molecule has 0 radical (unpaired) electrons. The van der Waals surface area contributed by atoms with Crippen molar-refractivity contribution in [1.82, 2.24) is 4.98 Å². The topological polar surface area (TPSA) is 48.4 Å². The van der Waals surface area contributed by atoms with Crippen molar-refractivity contribution in [2.75, 3.05) is 13.2 Å². The summed E-state index contributed by atoms with van der Waals surface area (Å²) >= 11 is 0. The normalized spacial score (nSPS) is 15.1. The predicted molar refractivity (Wildman–Crippen MR) is 60.5 cm³/mol. The SMILES string of the molecule is OCC1=NCCc2c1[nH]c1ccccc21. The van der Waals surface area contributed by atoms with Crippen LogP contribution in [-0.4, -0.2) is 29.0 Å². The van der Waals surface area contributed by atoms with Gasteiger partial charge in [-0.3, -0.25) is 4.99 Å². The van der Waals surface area contributed by atoms with E-state index < -0.39 is 0 Å². The third kappa shape index (κ3) is 1.20. The van der Waals surface area contributed by atoms with E-state index in [4.69, 9.17) is 0 Å². The summed E-state index contributed by atoms with van der Waals surface area (Å²) in [6.07, 6.45) is 0.961. The van der Waals surface area contributed by atoms with Crippen LogP contribution < -0.4 is 0 Å². The molecule has 1 aliphatic rings. The van der Waals surface area contributed by atoms with Crippen LogP contribution in [0.1, 0.15) is 11.3 Å². The van der Waals surface area contributed by atoms with Gasteiger partial charge in [-0.25, -0.2) is 0 Å². The first-order valence-electron chi connectivity index (χ1n) is 5.14. The molecule has 15 heavy (non-hydrogen) atoms. The molecule has 0 saturated carbocycles. The van der Waals surface area contributed by atoms with Crippen molar-refractivity contribution in [3.05, 3.63) is 35.5 Å². The fourth-order valence-corrected chi connectivity index (χ4v) is 2.22. The first kappa shape index (κ1) is 8.68. The Hall–Kier alpha value is -1.61. The highest BCUT2D eigenvalue weighted by atomic mass is 16.3. The molecule has 3 nitrogen and oxygen atoms in total. The number of benzene rings is 1. The van der Waals surface area contributed by atoms with Gasteiger partial charge in [-0.2, -0.15) is 0 Å². The molecule has 76 valence electrons. The molecule has 1 aromatic heterocycles. The monoisotopic (exact) mass is 200 g/mol. The zero-order chi connectivity index (χ0) is 10.3. The molecule has 0 saturated heterocycles. The van der Waals surface area contributed by atoms with Crippen LogP contribution in [-0.2, 0) is 6.42 Å². The van der Waals surface area contributed by atoms with Gasteiger partial charge in [0.15, 0.2) is 0 Å². The van der Waals surface area contributed by atoms with E-state index in [1.807, 2.05) is 12.1 Å². The van der Waals surface area contributed by atoms with Gasteiger partial charge in [0.1, 0.15) is 0 Å². The minimum Gasteiger partial charge on any atom is -0.390 e. The molecule has 1 aliphatic heterocycles. The Labute approximate surface area is 87.5 Å². The van der Waals surface area contributed by atoms with E-state index in [9.17, 15) is 5.11 Å². The maximum atomic E-state index is 9.21. The Balaban J connectivity index is 2.31. The van der Waals surface area contributed by atoms with Crippen LogP contribution in [0.4, 0.5) is 0 Å². The summed E-state index contributed by atoms with van der Waals surface area (Å²) in [5.74, 6) is 0. The highest BCUT2D eigenvalue weighted by Crippen LogP contribution is 2.25. The number of aliphatic hydroxyl groups is 1. The second-order valence-electron chi connectivity index (χ2n) is 3.76. The van der Waals surface area contributed by atoms with E-state index in [0.717, 1.165) is 29.9 Å². The van der Waals surface area contributed by atoms with E-state index in [-0.39, 0.29) is 6.61 Å². The summed E-state index contributed by atoms with van der Waals surface area (Å²) < 4.78 is 0. The van der Waals surface area contributed by atoms with Crippen molar-refractivity contribution in [2.45, 2.75) is 6.42 Å². The van der Waals surface area contributed by atoms with Crippen molar-refractivity contribution in [2.24, 2.45) is 4.99 Å². The Morgan fingerprint density at radius 3 is 3.07 bits per heavy atom. The summed E-state index contributed by atoms with van der Waals surface area (Å²) in [5.41, 5.74) is 4.23. The highest BCUT2D eigenvalue weighted by Gasteiger charge is 2.17. The molecule has 2 heterocycles. The summed E-state index contributed by atoms with van der Waals surface area (Å²) in [6.45, 7) is 0.796. The molecule has 2 N–H and O–H groups in total. The van der Waals surface area contributed by atoms with E-state index in [1.165, 1.54) is 10.9 Å². The van der Waals surface area contributed by atoms with Gasteiger partial charge in [0.25, 0.3) is 0 Å². The summed E-state index contributed by atoms with van der Waals surface area (Å²) in [4.78, 5) is 7.65. The Morgan fingerprint density at radius 1 is 1.33 bits per heavy atom. The minimum atomic E-state index is 0.0137. The number of H-pyrrole nitrogens is 1. The van der Waals surface area contributed by atoms with Gasteiger partial charge in [0.05, 0.1) is 18.0 Å². The standard InChI is InChI=1S/C12H12N2O/c15-7-11-12-9(5-6-13-11)8-3-1-2-4-10(8)14-12/h1-4,14-15H,5-7H2. The highest BCUT2D eigenvalue weighted by molar-refractivity contribution is 6.06. The molecule has 0 unspecified atom stereocenters. The van der Waals surface area contributed by atoms with Gasteiger partial charge in [-0.1, -0.05) is 18.2 Å². The third-order valence-corrected chi connectivity index (χ3v) is 2.92. The minimum absolute atomic E-state index is 0.0137. The molecule has 0 bridgehead atoms. The van der Waals surface area contributed by atoms with Crippen LogP contribution in [0.5, 0.6) is 0 Å². The van der Waals surface area contributed by atoms with Crippen molar-refractivity contribution in [3.8, 4) is 0 Å². The maximum Gasteiger partial charge on any atom is 0.0869 e. The van der Waals surface area contributed by atoms with Crippen LogP contribution >= 0.6 is 0 Å². The smallest absolute Gasteiger partial charge is 0.0869 e. The fraction of sp³-hybridized carbons (Fsp3) is 0.250. The van der Waals surface area contributed by atoms with Crippen molar-refractivity contribution in [1.29, 1.82) is 0 Å². The number of aliphatic hydroxyl groups excluding tert-OH is 1. The molecule has 3 heteroatoms. The average molecular weight is 200 g/mol. The number of hydrogen-bond donors (Lipinski definition) is 2. The number of nitrogens with one attached hydrogen (secondary N) is 1. The van der Waals surface area contributed by atoms with Gasteiger partial charge >= 0.3 is 0 Å². The number of rotatable bonds is 1. The molecular formula is C12H12N2O. The van der Waals surface area contributed by atoms with Crippen LogP contribution in [0.2, 0.25) is 0 Å². The lowest BCUT2D eigenvalue weighted by molar-refractivity contribution is 0.357.